The van der Waals surface area contributed by atoms with Gasteiger partial charge in [0.1, 0.15) is 17.4 Å². The van der Waals surface area contributed by atoms with E-state index in [0.29, 0.717) is 60.9 Å². The van der Waals surface area contributed by atoms with E-state index in [1.165, 1.54) is 12.1 Å². The van der Waals surface area contributed by atoms with Gasteiger partial charge in [-0.05, 0) is 24.3 Å². The molecule has 0 unspecified atom stereocenters. The van der Waals surface area contributed by atoms with E-state index >= 15 is 0 Å². The molecule has 178 valence electrons. The van der Waals surface area contributed by atoms with Crippen LogP contribution in [0.4, 0.5) is 10.2 Å². The lowest BCUT2D eigenvalue weighted by molar-refractivity contribution is -0.133. The zero-order valence-corrected chi connectivity index (χ0v) is 20.2. The minimum Gasteiger partial charge on any atom is -0.496 e. The minimum atomic E-state index is -0.260. The molecule has 1 aromatic heterocycles. The third-order valence-electron chi connectivity index (χ3n) is 6.18. The zero-order chi connectivity index (χ0) is 23.4. The molecule has 0 N–H and O–H groups in total. The topological polar surface area (TPSA) is 52.2 Å². The zero-order valence-electron chi connectivity index (χ0n) is 18.6. The van der Waals surface area contributed by atoms with E-state index in [0.717, 1.165) is 31.7 Å². The fourth-order valence-electron chi connectivity index (χ4n) is 4.32. The lowest BCUT2D eigenvalue weighted by atomic mass is 10.1. The van der Waals surface area contributed by atoms with Gasteiger partial charge in [-0.3, -0.25) is 14.6 Å². The number of nitrogens with zero attached hydrogens (tertiary/aromatic N) is 5. The van der Waals surface area contributed by atoms with Crippen molar-refractivity contribution in [2.45, 2.75) is 6.54 Å². The molecular formula is C23H28Cl2FN5O2. The number of amides is 1. The van der Waals surface area contributed by atoms with Gasteiger partial charge in [0, 0.05) is 70.7 Å². The van der Waals surface area contributed by atoms with Crippen LogP contribution in [-0.4, -0.2) is 91.6 Å². The van der Waals surface area contributed by atoms with Crippen LogP contribution in [0.15, 0.2) is 30.5 Å². The largest absolute Gasteiger partial charge is 0.496 e. The first-order valence-electron chi connectivity index (χ1n) is 11.0. The van der Waals surface area contributed by atoms with Crippen molar-refractivity contribution in [3.05, 3.63) is 51.9 Å². The second-order valence-electron chi connectivity index (χ2n) is 8.34. The summed E-state index contributed by atoms with van der Waals surface area (Å²) in [6.07, 6.45) is 1.59. The summed E-state index contributed by atoms with van der Waals surface area (Å²) in [5.41, 5.74) is 0.843. The van der Waals surface area contributed by atoms with Gasteiger partial charge >= 0.3 is 0 Å². The molecule has 0 spiro atoms. The first kappa shape index (κ1) is 24.0. The molecule has 7 nitrogen and oxygen atoms in total. The number of piperazine rings is 2. The highest BCUT2D eigenvalue weighted by atomic mass is 35.5. The van der Waals surface area contributed by atoms with Gasteiger partial charge in [-0.15, -0.1) is 0 Å². The van der Waals surface area contributed by atoms with E-state index < -0.39 is 0 Å². The van der Waals surface area contributed by atoms with Crippen molar-refractivity contribution in [1.82, 2.24) is 19.7 Å². The van der Waals surface area contributed by atoms with Crippen LogP contribution in [0.2, 0.25) is 10.0 Å². The van der Waals surface area contributed by atoms with Crippen LogP contribution in [0.25, 0.3) is 0 Å². The van der Waals surface area contributed by atoms with E-state index in [4.69, 9.17) is 27.9 Å². The smallest absolute Gasteiger partial charge is 0.236 e. The summed E-state index contributed by atoms with van der Waals surface area (Å²) in [6, 6.07) is 6.29. The molecule has 2 fully saturated rings. The second-order valence-corrected chi connectivity index (χ2v) is 9.18. The van der Waals surface area contributed by atoms with Crippen molar-refractivity contribution >= 4 is 34.9 Å². The Morgan fingerprint density at radius 2 is 1.73 bits per heavy atom. The number of rotatable bonds is 6. The molecule has 2 aromatic rings. The highest BCUT2D eigenvalue weighted by molar-refractivity contribution is 6.36. The summed E-state index contributed by atoms with van der Waals surface area (Å²) >= 11 is 12.2. The van der Waals surface area contributed by atoms with Gasteiger partial charge in [-0.2, -0.15) is 0 Å². The Morgan fingerprint density at radius 1 is 1.03 bits per heavy atom. The highest BCUT2D eigenvalue weighted by Gasteiger charge is 2.26. The van der Waals surface area contributed by atoms with Crippen LogP contribution < -0.4 is 9.64 Å². The van der Waals surface area contributed by atoms with E-state index in [2.05, 4.69) is 19.7 Å². The molecule has 2 saturated heterocycles. The number of carbonyl (C=O) groups is 1. The predicted molar refractivity (Wildman–Crippen MR) is 128 cm³/mol. The number of aromatic nitrogens is 1. The monoisotopic (exact) mass is 495 g/mol. The van der Waals surface area contributed by atoms with Crippen molar-refractivity contribution in [2.75, 3.05) is 70.9 Å². The van der Waals surface area contributed by atoms with Gasteiger partial charge < -0.3 is 14.5 Å². The van der Waals surface area contributed by atoms with Crippen LogP contribution >= 0.6 is 23.2 Å². The Balaban J connectivity index is 1.22. The standard InChI is InChI=1S/C23H28Cl2FN5O2/c1-33-21-3-2-19(26)12-17(21)15-28-4-6-29(7-5-28)16-22(32)30-8-10-31(11-9-30)23-20(25)13-18(24)14-27-23/h2-3,12-14H,4-11,15-16H2,1H3. The number of halogens is 3. The van der Waals surface area contributed by atoms with Gasteiger partial charge in [0.2, 0.25) is 5.91 Å². The molecule has 0 bridgehead atoms. The second kappa shape index (κ2) is 10.9. The average Bonchev–Trinajstić information content (AvgIpc) is 2.81. The Morgan fingerprint density at radius 3 is 2.39 bits per heavy atom. The first-order chi connectivity index (χ1) is 15.9. The molecule has 1 amide bonds. The summed E-state index contributed by atoms with van der Waals surface area (Å²) < 4.78 is 19.0. The summed E-state index contributed by atoms with van der Waals surface area (Å²) in [4.78, 5) is 25.6. The number of methoxy groups -OCH3 is 1. The van der Waals surface area contributed by atoms with Crippen molar-refractivity contribution < 1.29 is 13.9 Å². The number of hydrogen-bond donors (Lipinski definition) is 0. The predicted octanol–water partition coefficient (Wildman–Crippen LogP) is 3.00. The van der Waals surface area contributed by atoms with Gasteiger partial charge in [0.25, 0.3) is 0 Å². The SMILES string of the molecule is COc1ccc(F)cc1CN1CCN(CC(=O)N2CCN(c3ncc(Cl)cc3Cl)CC2)CC1. The quantitative estimate of drug-likeness (QED) is 0.613. The molecule has 4 rings (SSSR count). The van der Waals surface area contributed by atoms with Crippen LogP contribution in [0, 0.1) is 5.82 Å². The number of ether oxygens (including phenoxy) is 1. The molecule has 0 aliphatic carbocycles. The summed E-state index contributed by atoms with van der Waals surface area (Å²) in [6.45, 7) is 6.93. The number of pyridine rings is 1. The van der Waals surface area contributed by atoms with Gasteiger partial charge in [0.15, 0.2) is 0 Å². The van der Waals surface area contributed by atoms with Crippen LogP contribution in [-0.2, 0) is 11.3 Å². The third kappa shape index (κ3) is 6.06. The van der Waals surface area contributed by atoms with Gasteiger partial charge in [0.05, 0.1) is 23.7 Å². The molecule has 10 heteroatoms. The summed E-state index contributed by atoms with van der Waals surface area (Å²) in [5.74, 6) is 1.29. The summed E-state index contributed by atoms with van der Waals surface area (Å²) in [7, 11) is 1.60. The fourth-order valence-corrected chi connectivity index (χ4v) is 4.82. The Hall–Kier alpha value is -2.13. The molecule has 0 saturated carbocycles. The molecule has 2 aliphatic heterocycles. The van der Waals surface area contributed by atoms with Crippen molar-refractivity contribution in [3.8, 4) is 5.75 Å². The van der Waals surface area contributed by atoms with Crippen LogP contribution in [0.5, 0.6) is 5.75 Å². The van der Waals surface area contributed by atoms with Crippen LogP contribution in [0.3, 0.4) is 0 Å². The van der Waals surface area contributed by atoms with Gasteiger partial charge in [-0.25, -0.2) is 9.37 Å². The van der Waals surface area contributed by atoms with E-state index in [1.807, 2.05) is 4.90 Å². The lowest BCUT2D eigenvalue weighted by Gasteiger charge is -2.38. The molecule has 0 radical (unpaired) electrons. The molecule has 1 aromatic carbocycles. The lowest BCUT2D eigenvalue weighted by Crippen LogP contribution is -2.53. The molecule has 0 atom stereocenters. The maximum atomic E-state index is 13.6. The Kier molecular flexibility index (Phi) is 7.90. The number of anilines is 1. The van der Waals surface area contributed by atoms with Crippen molar-refractivity contribution in [2.24, 2.45) is 0 Å². The third-order valence-corrected chi connectivity index (χ3v) is 6.67. The van der Waals surface area contributed by atoms with Crippen molar-refractivity contribution in [1.29, 1.82) is 0 Å². The van der Waals surface area contributed by atoms with Crippen molar-refractivity contribution in [3.63, 3.8) is 0 Å². The van der Waals surface area contributed by atoms with E-state index in [1.54, 1.807) is 25.4 Å². The maximum absolute atomic E-state index is 13.6. The fraction of sp³-hybridized carbons (Fsp3) is 0.478. The molecule has 3 heterocycles. The number of hydrogen-bond acceptors (Lipinski definition) is 6. The Bertz CT molecular complexity index is 979. The normalized spacial score (nSPS) is 17.9. The molecular weight excluding hydrogens is 468 g/mol. The number of carbonyl (C=O) groups excluding carboxylic acids is 1. The first-order valence-corrected chi connectivity index (χ1v) is 11.8. The maximum Gasteiger partial charge on any atom is 0.236 e. The summed E-state index contributed by atoms with van der Waals surface area (Å²) in [5, 5.41) is 1.03. The Labute approximate surface area is 203 Å². The van der Waals surface area contributed by atoms with E-state index in [9.17, 15) is 9.18 Å². The van der Waals surface area contributed by atoms with Crippen LogP contribution in [0.1, 0.15) is 5.56 Å². The van der Waals surface area contributed by atoms with Gasteiger partial charge in [-0.1, -0.05) is 23.2 Å². The van der Waals surface area contributed by atoms with E-state index in [-0.39, 0.29) is 11.7 Å². The highest BCUT2D eigenvalue weighted by Crippen LogP contribution is 2.27. The minimum absolute atomic E-state index is 0.144. The molecule has 33 heavy (non-hydrogen) atoms. The average molecular weight is 496 g/mol. The molecule has 2 aliphatic rings. The number of benzene rings is 1.